The summed E-state index contributed by atoms with van der Waals surface area (Å²) in [6.07, 6.45) is -0.317. The third kappa shape index (κ3) is 15.0. The lowest BCUT2D eigenvalue weighted by Crippen LogP contribution is -2.25. The van der Waals surface area contributed by atoms with Crippen molar-refractivity contribution in [2.24, 2.45) is 5.73 Å². The zero-order valence-corrected chi connectivity index (χ0v) is 39.9. The summed E-state index contributed by atoms with van der Waals surface area (Å²) in [5.74, 6) is -1.24. The van der Waals surface area contributed by atoms with Gasteiger partial charge in [0.25, 0.3) is 0 Å². The minimum Gasteiger partial charge on any atom is -0.460 e. The molecule has 0 atom stereocenters. The Bertz CT molecular complexity index is 2660. The van der Waals surface area contributed by atoms with Crippen molar-refractivity contribution in [3.63, 3.8) is 0 Å². The van der Waals surface area contributed by atoms with Gasteiger partial charge in [-0.1, -0.05) is 107 Å². The van der Waals surface area contributed by atoms with Gasteiger partial charge in [-0.3, -0.25) is 29.4 Å². The van der Waals surface area contributed by atoms with E-state index in [0.717, 1.165) is 37.6 Å². The van der Waals surface area contributed by atoms with Crippen LogP contribution in [0, 0.1) is 24.7 Å². The van der Waals surface area contributed by atoms with Crippen molar-refractivity contribution in [3.05, 3.63) is 162 Å². The van der Waals surface area contributed by atoms with Crippen LogP contribution < -0.4 is 5.73 Å². The van der Waals surface area contributed by atoms with Crippen LogP contribution in [0.3, 0.4) is 0 Å². The maximum absolute atomic E-state index is 13.1. The summed E-state index contributed by atoms with van der Waals surface area (Å²) in [5.41, 5.74) is 11.3. The van der Waals surface area contributed by atoms with E-state index >= 15 is 0 Å². The lowest BCUT2D eigenvalue weighted by Gasteiger charge is -2.19. The normalized spacial score (nSPS) is 10.8. The molecule has 0 aliphatic rings. The summed E-state index contributed by atoms with van der Waals surface area (Å²) in [7, 11) is 0. The summed E-state index contributed by atoms with van der Waals surface area (Å²) in [6.45, 7) is 9.19. The van der Waals surface area contributed by atoms with Gasteiger partial charge in [0.15, 0.2) is 0 Å². The third-order valence-electron chi connectivity index (χ3n) is 9.26. The Balaban J connectivity index is 0.000000283. The second kappa shape index (κ2) is 22.9. The molecule has 14 heteroatoms. The minimum atomic E-state index is -0.647. The molecule has 0 radical (unpaired) electrons. The number of rotatable bonds is 16. The Morgan fingerprint density at radius 3 is 1.33 bits per heavy atom. The molecule has 6 aromatic rings. The van der Waals surface area contributed by atoms with Crippen LogP contribution in [0.4, 0.5) is 0 Å². The molecule has 0 unspecified atom stereocenters. The smallest absolute Gasteiger partial charge is 0.312 e. The molecule has 0 fully saturated rings. The molecule has 4 aromatic carbocycles. The number of halogens is 3. The topological polar surface area (TPSA) is 168 Å². The average molecular weight is 957 g/mol. The van der Waals surface area contributed by atoms with E-state index in [1.165, 1.54) is 22.7 Å². The highest BCUT2D eigenvalue weighted by atomic mass is 35.5. The highest BCUT2D eigenvalue weighted by molar-refractivity contribution is 7.18. The molecule has 9 nitrogen and oxygen atoms in total. The molecule has 6 rings (SSSR count). The van der Waals surface area contributed by atoms with E-state index in [1.54, 1.807) is 81.4 Å². The zero-order chi connectivity index (χ0) is 46.0. The van der Waals surface area contributed by atoms with Gasteiger partial charge in [0.1, 0.15) is 17.2 Å². The van der Waals surface area contributed by atoms with Gasteiger partial charge in [-0.25, -0.2) is 0 Å². The Labute approximate surface area is 397 Å². The monoisotopic (exact) mass is 955 g/mol. The molecule has 0 aliphatic carbocycles. The van der Waals surface area contributed by atoms with E-state index in [-0.39, 0.29) is 79.2 Å². The van der Waals surface area contributed by atoms with Crippen molar-refractivity contribution >= 4 is 98.9 Å². The fourth-order valence-corrected chi connectivity index (χ4v) is 8.89. The van der Waals surface area contributed by atoms with Gasteiger partial charge in [0.05, 0.1) is 28.4 Å². The molecular formula is C50H48Cl3N3O6S2. The Morgan fingerprint density at radius 2 is 0.969 bits per heavy atom. The van der Waals surface area contributed by atoms with Gasteiger partial charge >= 0.3 is 5.97 Å². The van der Waals surface area contributed by atoms with Crippen LogP contribution in [0.5, 0.6) is 0 Å². The van der Waals surface area contributed by atoms with E-state index in [9.17, 15) is 24.0 Å². The number of Topliss-reactive ketones (excluding diaryl/α,β-unsaturated/α-hetero) is 2. The Hall–Kier alpha value is -5.56. The van der Waals surface area contributed by atoms with E-state index in [0.29, 0.717) is 36.5 Å². The molecule has 0 aliphatic heterocycles. The number of nitrogens with one attached hydrogen (secondary N) is 2. The van der Waals surface area contributed by atoms with Crippen molar-refractivity contribution in [1.29, 1.82) is 10.8 Å². The number of nitrogens with two attached hydrogens (primary N) is 1. The van der Waals surface area contributed by atoms with Crippen LogP contribution in [0.15, 0.2) is 109 Å². The predicted octanol–water partition coefficient (Wildman–Crippen LogP) is 12.3. The summed E-state index contributed by atoms with van der Waals surface area (Å²) >= 11 is 14.7. The highest BCUT2D eigenvalue weighted by Crippen LogP contribution is 2.37. The van der Waals surface area contributed by atoms with E-state index < -0.39 is 11.6 Å². The molecule has 64 heavy (non-hydrogen) atoms. The van der Waals surface area contributed by atoms with Crippen LogP contribution in [-0.4, -0.2) is 46.3 Å². The molecule has 2 aromatic heterocycles. The van der Waals surface area contributed by atoms with Crippen LogP contribution in [0.2, 0.25) is 10.0 Å². The molecule has 0 bridgehead atoms. The standard InChI is InChI=1S/C28H28ClNO4S.C22H19ClN2O2S.ClH/c1-17-5-7-18(8-6-17)26(33)24-14-20(27(35-24)19-9-11-21(29)12-10-19)13-23(31)15-22(30)16-25(32)34-28(2,3)4;1-13-2-4-14(5-3-13)21(27)19-11-16(10-18(26)12-20(24)25)22(28-19)15-6-8-17(23)9-7-15;/h5-12,14,30H,13,15-16H2,1-4H3;2-9,11H,10,12H2,1H3,(H3,24,25);1H. The lowest BCUT2D eigenvalue weighted by molar-refractivity contribution is -0.153. The fourth-order valence-electron chi connectivity index (χ4n) is 6.34. The number of amidine groups is 1. The van der Waals surface area contributed by atoms with Gasteiger partial charge in [-0.05, 0) is 93.3 Å². The van der Waals surface area contributed by atoms with Gasteiger partial charge in [-0.2, -0.15) is 0 Å². The third-order valence-corrected chi connectivity index (χ3v) is 12.2. The second-order valence-corrected chi connectivity index (χ2v) is 19.0. The average Bonchev–Trinajstić information content (AvgIpc) is 3.82. The van der Waals surface area contributed by atoms with Crippen molar-refractivity contribution in [2.45, 2.75) is 72.3 Å². The number of benzene rings is 4. The molecule has 4 N–H and O–H groups in total. The van der Waals surface area contributed by atoms with Crippen LogP contribution in [-0.2, 0) is 32.0 Å². The van der Waals surface area contributed by atoms with Crippen LogP contribution in [0.1, 0.15) is 92.8 Å². The largest absolute Gasteiger partial charge is 0.460 e. The number of carbonyl (C=O) groups is 5. The van der Waals surface area contributed by atoms with Crippen molar-refractivity contribution in [2.75, 3.05) is 0 Å². The molecular weight excluding hydrogens is 909 g/mol. The maximum Gasteiger partial charge on any atom is 0.312 e. The van der Waals surface area contributed by atoms with Crippen LogP contribution in [0.25, 0.3) is 20.9 Å². The number of hydrogen-bond acceptors (Lipinski definition) is 10. The predicted molar refractivity (Wildman–Crippen MR) is 263 cm³/mol. The first-order valence-corrected chi connectivity index (χ1v) is 22.3. The summed E-state index contributed by atoms with van der Waals surface area (Å²) in [5, 5.41) is 16.6. The zero-order valence-electron chi connectivity index (χ0n) is 35.9. The number of ketones is 4. The SMILES string of the molecule is Cc1ccc(C(=O)c2cc(CC(=O)CC(=N)CC(=O)OC(C)(C)C)c(-c3ccc(Cl)cc3)s2)cc1.Cc1ccc(C(=O)c2cc(CC(=O)CC(=N)N)c(-c3ccc(Cl)cc3)s2)cc1.Cl. The molecule has 0 spiro atoms. The number of carbonyl (C=O) groups excluding carboxylic acids is 5. The molecule has 0 saturated carbocycles. The highest BCUT2D eigenvalue weighted by Gasteiger charge is 2.23. The fraction of sp³-hybridized carbons (Fsp3) is 0.220. The summed E-state index contributed by atoms with van der Waals surface area (Å²) in [4.78, 5) is 65.8. The van der Waals surface area contributed by atoms with Crippen molar-refractivity contribution in [3.8, 4) is 20.9 Å². The van der Waals surface area contributed by atoms with E-state index in [2.05, 4.69) is 0 Å². The maximum atomic E-state index is 13.1. The molecule has 2 heterocycles. The molecule has 332 valence electrons. The Kier molecular flexibility index (Phi) is 18.3. The number of esters is 1. The minimum absolute atomic E-state index is 0. The van der Waals surface area contributed by atoms with Gasteiger partial charge in [0.2, 0.25) is 11.6 Å². The van der Waals surface area contributed by atoms with Crippen molar-refractivity contribution in [1.82, 2.24) is 0 Å². The molecule has 0 saturated heterocycles. The number of hydrogen-bond donors (Lipinski definition) is 3. The number of thiophene rings is 2. The van der Waals surface area contributed by atoms with E-state index in [4.69, 9.17) is 44.5 Å². The first-order chi connectivity index (χ1) is 29.7. The first kappa shape index (κ1) is 51.1. The van der Waals surface area contributed by atoms with Gasteiger partial charge in [0, 0.05) is 55.9 Å². The summed E-state index contributed by atoms with van der Waals surface area (Å²) < 4.78 is 5.24. The van der Waals surface area contributed by atoms with Crippen molar-refractivity contribution < 1.29 is 28.7 Å². The number of aryl methyl sites for hydroxylation is 2. The number of ether oxygens (including phenoxy) is 1. The molecule has 0 amide bonds. The van der Waals surface area contributed by atoms with Gasteiger partial charge in [-0.15, -0.1) is 35.1 Å². The quantitative estimate of drug-likeness (QED) is 0.0375. The lowest BCUT2D eigenvalue weighted by atomic mass is 10.0. The van der Waals surface area contributed by atoms with E-state index in [1.807, 2.05) is 62.4 Å². The first-order valence-electron chi connectivity index (χ1n) is 19.9. The second-order valence-electron chi connectivity index (χ2n) is 16.0. The summed E-state index contributed by atoms with van der Waals surface area (Å²) in [6, 6.07) is 32.8. The Morgan fingerprint density at radius 1 is 0.594 bits per heavy atom. The van der Waals surface area contributed by atoms with Gasteiger partial charge < -0.3 is 15.9 Å². The van der Waals surface area contributed by atoms with Crippen LogP contribution >= 0.6 is 58.3 Å².